The Labute approximate surface area is 90.5 Å². The zero-order chi connectivity index (χ0) is 11.3. The summed E-state index contributed by atoms with van der Waals surface area (Å²) < 4.78 is 13.3. The highest BCUT2D eigenvalue weighted by Crippen LogP contribution is 2.22. The van der Waals surface area contributed by atoms with Gasteiger partial charge in [0.05, 0.1) is 12.6 Å². The normalized spacial score (nSPS) is 30.1. The Morgan fingerprint density at radius 2 is 2.00 bits per heavy atom. The van der Waals surface area contributed by atoms with Crippen molar-refractivity contribution in [3.05, 3.63) is 12.7 Å². The number of amides is 1. The summed E-state index contributed by atoms with van der Waals surface area (Å²) in [5.74, 6) is 0. The molecule has 2 aliphatic rings. The largest absolute Gasteiger partial charge is 0.341 e. The Hall–Kier alpha value is -0.900. The molecular formula is C11H19FN2O. The van der Waals surface area contributed by atoms with Crippen molar-refractivity contribution in [1.29, 1.82) is 0 Å². The molecule has 0 aromatic heterocycles. The molecule has 0 radical (unpaired) electrons. The molecule has 0 aromatic rings. The number of hydrogen-bond acceptors (Lipinski definition) is 2. The van der Waals surface area contributed by atoms with Crippen molar-refractivity contribution >= 4 is 6.41 Å². The van der Waals surface area contributed by atoms with Gasteiger partial charge in [-0.25, -0.2) is 4.39 Å². The number of halogens is 1. The molecule has 4 heteroatoms. The van der Waals surface area contributed by atoms with Gasteiger partial charge >= 0.3 is 0 Å². The lowest BCUT2D eigenvalue weighted by atomic mass is 10.1. The van der Waals surface area contributed by atoms with Crippen LogP contribution in [-0.4, -0.2) is 54.6 Å². The lowest BCUT2D eigenvalue weighted by Crippen LogP contribution is -2.49. The van der Waals surface area contributed by atoms with Gasteiger partial charge < -0.3 is 4.90 Å². The highest BCUT2D eigenvalue weighted by atomic mass is 19.1. The second-order valence-electron chi connectivity index (χ2n) is 3.94. The van der Waals surface area contributed by atoms with Gasteiger partial charge in [0.1, 0.15) is 6.17 Å². The van der Waals surface area contributed by atoms with E-state index >= 15 is 0 Å². The first-order valence-corrected chi connectivity index (χ1v) is 5.37. The van der Waals surface area contributed by atoms with E-state index in [1.54, 1.807) is 6.08 Å². The van der Waals surface area contributed by atoms with Gasteiger partial charge in [-0.3, -0.25) is 9.69 Å². The molecule has 0 spiro atoms. The van der Waals surface area contributed by atoms with E-state index in [1.165, 1.54) is 11.3 Å². The predicted molar refractivity (Wildman–Crippen MR) is 58.4 cm³/mol. The van der Waals surface area contributed by atoms with Crippen molar-refractivity contribution < 1.29 is 9.18 Å². The van der Waals surface area contributed by atoms with Crippen LogP contribution in [0, 0.1) is 0 Å². The number of carbonyl (C=O) groups excluding carboxylic acids is 1. The minimum atomic E-state index is -0.838. The molecule has 2 aliphatic heterocycles. The molecule has 1 amide bonds. The van der Waals surface area contributed by atoms with Crippen LogP contribution in [0.2, 0.25) is 0 Å². The molecule has 2 rings (SSSR count). The van der Waals surface area contributed by atoms with Gasteiger partial charge in [-0.05, 0) is 26.4 Å². The Bertz CT molecular complexity index is 219. The minimum absolute atomic E-state index is 0.0241. The molecule has 2 atom stereocenters. The van der Waals surface area contributed by atoms with E-state index in [2.05, 4.69) is 11.5 Å². The van der Waals surface area contributed by atoms with Gasteiger partial charge in [-0.1, -0.05) is 6.08 Å². The smallest absolute Gasteiger partial charge is 0.209 e. The Balaban J connectivity index is 0.000000337. The van der Waals surface area contributed by atoms with E-state index < -0.39 is 6.17 Å². The van der Waals surface area contributed by atoms with E-state index in [1.807, 2.05) is 6.92 Å². The standard InChI is InChI=1S/C8H13FN2O.C3H6/c9-7-4-10(6-12)5-8(7)11-2-1-3-11;1-3-2/h6-8H,1-5H2;3H,1H2,2H3. The van der Waals surface area contributed by atoms with Gasteiger partial charge in [0.15, 0.2) is 0 Å². The second kappa shape index (κ2) is 5.85. The first-order chi connectivity index (χ1) is 7.22. The molecule has 0 aliphatic carbocycles. The molecule has 86 valence electrons. The summed E-state index contributed by atoms with van der Waals surface area (Å²) in [7, 11) is 0. The number of hydrogen-bond donors (Lipinski definition) is 0. The third-order valence-electron chi connectivity index (χ3n) is 2.76. The summed E-state index contributed by atoms with van der Waals surface area (Å²) in [6.45, 7) is 8.10. The summed E-state index contributed by atoms with van der Waals surface area (Å²) in [5.41, 5.74) is 0. The van der Waals surface area contributed by atoms with Crippen molar-refractivity contribution in [2.45, 2.75) is 25.6 Å². The number of likely N-dealkylation sites (tertiary alicyclic amines) is 2. The lowest BCUT2D eigenvalue weighted by molar-refractivity contribution is -0.117. The fraction of sp³-hybridized carbons (Fsp3) is 0.727. The zero-order valence-corrected chi connectivity index (χ0v) is 9.23. The number of carbonyl (C=O) groups is 1. The quantitative estimate of drug-likeness (QED) is 0.507. The number of rotatable bonds is 2. The topological polar surface area (TPSA) is 23.6 Å². The monoisotopic (exact) mass is 214 g/mol. The van der Waals surface area contributed by atoms with Crippen LogP contribution in [0.15, 0.2) is 12.7 Å². The molecule has 2 unspecified atom stereocenters. The SMILES string of the molecule is C=CC.O=CN1CC(F)C(N2CCC2)C1. The first kappa shape index (κ1) is 12.2. The molecule has 2 fully saturated rings. The fourth-order valence-electron chi connectivity index (χ4n) is 1.88. The van der Waals surface area contributed by atoms with Crippen LogP contribution in [-0.2, 0) is 4.79 Å². The van der Waals surface area contributed by atoms with Crippen LogP contribution >= 0.6 is 0 Å². The Kier molecular flexibility index (Phi) is 4.75. The first-order valence-electron chi connectivity index (χ1n) is 5.37. The van der Waals surface area contributed by atoms with Crippen LogP contribution in [0.3, 0.4) is 0 Å². The van der Waals surface area contributed by atoms with Crippen molar-refractivity contribution in [3.8, 4) is 0 Å². The summed E-state index contributed by atoms with van der Waals surface area (Å²) in [6, 6.07) is -0.0241. The molecule has 0 aromatic carbocycles. The highest BCUT2D eigenvalue weighted by molar-refractivity contribution is 5.48. The number of allylic oxidation sites excluding steroid dienone is 1. The lowest BCUT2D eigenvalue weighted by Gasteiger charge is -2.36. The highest BCUT2D eigenvalue weighted by Gasteiger charge is 2.38. The molecule has 2 heterocycles. The summed E-state index contributed by atoms with van der Waals surface area (Å²) in [4.78, 5) is 14.0. The van der Waals surface area contributed by atoms with E-state index in [0.29, 0.717) is 6.54 Å². The van der Waals surface area contributed by atoms with Gasteiger partial charge in [-0.2, -0.15) is 0 Å². The maximum atomic E-state index is 13.3. The van der Waals surface area contributed by atoms with Crippen LogP contribution in [0.1, 0.15) is 13.3 Å². The van der Waals surface area contributed by atoms with E-state index in [-0.39, 0.29) is 12.6 Å². The number of nitrogens with zero attached hydrogens (tertiary/aromatic N) is 2. The molecular weight excluding hydrogens is 195 g/mol. The van der Waals surface area contributed by atoms with Crippen LogP contribution in [0.4, 0.5) is 4.39 Å². The van der Waals surface area contributed by atoms with Crippen molar-refractivity contribution in [1.82, 2.24) is 9.80 Å². The summed E-state index contributed by atoms with van der Waals surface area (Å²) in [6.07, 6.45) is 2.83. The van der Waals surface area contributed by atoms with Crippen LogP contribution in [0.25, 0.3) is 0 Å². The average Bonchev–Trinajstić information content (AvgIpc) is 2.46. The maximum Gasteiger partial charge on any atom is 0.209 e. The maximum absolute atomic E-state index is 13.3. The molecule has 15 heavy (non-hydrogen) atoms. The predicted octanol–water partition coefficient (Wildman–Crippen LogP) is 1.06. The van der Waals surface area contributed by atoms with E-state index in [4.69, 9.17) is 0 Å². The summed E-state index contributed by atoms with van der Waals surface area (Å²) in [5, 5.41) is 0. The van der Waals surface area contributed by atoms with Gasteiger partial charge in [0.25, 0.3) is 0 Å². The van der Waals surface area contributed by atoms with Crippen LogP contribution < -0.4 is 0 Å². The number of alkyl halides is 1. The van der Waals surface area contributed by atoms with E-state index in [0.717, 1.165) is 19.5 Å². The Morgan fingerprint density at radius 3 is 2.33 bits per heavy atom. The van der Waals surface area contributed by atoms with Crippen molar-refractivity contribution in [2.75, 3.05) is 26.2 Å². The molecule has 2 saturated heterocycles. The van der Waals surface area contributed by atoms with Gasteiger partial charge in [0, 0.05) is 6.54 Å². The minimum Gasteiger partial charge on any atom is -0.341 e. The third-order valence-corrected chi connectivity index (χ3v) is 2.76. The molecule has 3 nitrogen and oxygen atoms in total. The second-order valence-corrected chi connectivity index (χ2v) is 3.94. The molecule has 0 bridgehead atoms. The van der Waals surface area contributed by atoms with Crippen molar-refractivity contribution in [3.63, 3.8) is 0 Å². The summed E-state index contributed by atoms with van der Waals surface area (Å²) >= 11 is 0. The third kappa shape index (κ3) is 3.02. The fourth-order valence-corrected chi connectivity index (χ4v) is 1.88. The van der Waals surface area contributed by atoms with E-state index in [9.17, 15) is 9.18 Å². The van der Waals surface area contributed by atoms with Crippen molar-refractivity contribution in [2.24, 2.45) is 0 Å². The molecule has 0 N–H and O–H groups in total. The Morgan fingerprint density at radius 1 is 1.40 bits per heavy atom. The van der Waals surface area contributed by atoms with Gasteiger partial charge in [0.2, 0.25) is 6.41 Å². The molecule has 0 saturated carbocycles. The van der Waals surface area contributed by atoms with Crippen LogP contribution in [0.5, 0.6) is 0 Å². The van der Waals surface area contributed by atoms with Gasteiger partial charge in [-0.15, -0.1) is 6.58 Å². The zero-order valence-electron chi connectivity index (χ0n) is 9.23. The average molecular weight is 214 g/mol.